The second-order valence-corrected chi connectivity index (χ2v) is 5.33. The fourth-order valence-electron chi connectivity index (χ4n) is 2.59. The number of amides is 1. The number of carbonyl (C=O) groups excluding carboxylic acids is 1. The van der Waals surface area contributed by atoms with E-state index < -0.39 is 0 Å². The van der Waals surface area contributed by atoms with Gasteiger partial charge in [-0.1, -0.05) is 18.8 Å². The van der Waals surface area contributed by atoms with E-state index in [0.717, 1.165) is 31.6 Å². The van der Waals surface area contributed by atoms with Crippen molar-refractivity contribution < 1.29 is 9.90 Å². The molecule has 4 nitrogen and oxygen atoms in total. The van der Waals surface area contributed by atoms with E-state index in [9.17, 15) is 4.79 Å². The Hall–Kier alpha value is -1.83. The fraction of sp³-hybridized carbons (Fsp3) is 0.471. The number of aliphatic hydroxyl groups is 1. The van der Waals surface area contributed by atoms with E-state index in [1.165, 1.54) is 0 Å². The lowest BCUT2D eigenvalue weighted by Gasteiger charge is -2.39. The first-order chi connectivity index (χ1) is 10.2. The molecule has 1 heterocycles. The maximum absolute atomic E-state index is 12.5. The molecule has 1 aliphatic heterocycles. The zero-order valence-electron chi connectivity index (χ0n) is 12.7. The molecule has 0 aromatic heterocycles. The first-order valence-electron chi connectivity index (χ1n) is 7.35. The minimum absolute atomic E-state index is 0.0863. The highest BCUT2D eigenvalue weighted by Gasteiger charge is 2.26. The van der Waals surface area contributed by atoms with Gasteiger partial charge in [0.15, 0.2) is 0 Å². The number of hydrogen-bond donors (Lipinski definition) is 1. The number of nitrogens with zero attached hydrogens (tertiary/aromatic N) is 2. The van der Waals surface area contributed by atoms with Crippen LogP contribution in [0.4, 0.5) is 0 Å². The van der Waals surface area contributed by atoms with Crippen molar-refractivity contribution in [2.45, 2.75) is 19.4 Å². The highest BCUT2D eigenvalue weighted by Crippen LogP contribution is 2.14. The fourth-order valence-corrected chi connectivity index (χ4v) is 2.59. The van der Waals surface area contributed by atoms with Gasteiger partial charge in [0.2, 0.25) is 0 Å². The van der Waals surface area contributed by atoms with Gasteiger partial charge >= 0.3 is 0 Å². The third-order valence-electron chi connectivity index (χ3n) is 3.98. The highest BCUT2D eigenvalue weighted by atomic mass is 16.2. The SMILES string of the molecule is CCC1CN(C(=O)c2ccc(C#CCO)cc2)CCN1C. The number of hydrogen-bond acceptors (Lipinski definition) is 3. The Morgan fingerprint density at radius 3 is 2.67 bits per heavy atom. The van der Waals surface area contributed by atoms with Crippen molar-refractivity contribution in [3.05, 3.63) is 35.4 Å². The van der Waals surface area contributed by atoms with Gasteiger partial charge in [0.1, 0.15) is 6.61 Å². The molecule has 1 aromatic carbocycles. The lowest BCUT2D eigenvalue weighted by molar-refractivity contribution is 0.0542. The molecule has 2 rings (SSSR count). The number of aliphatic hydroxyl groups excluding tert-OH is 1. The lowest BCUT2D eigenvalue weighted by Crippen LogP contribution is -2.52. The quantitative estimate of drug-likeness (QED) is 0.831. The molecule has 0 spiro atoms. The molecule has 1 atom stereocenters. The van der Waals surface area contributed by atoms with Crippen molar-refractivity contribution in [3.63, 3.8) is 0 Å². The molecule has 0 aliphatic carbocycles. The number of piperazine rings is 1. The maximum Gasteiger partial charge on any atom is 0.253 e. The van der Waals surface area contributed by atoms with Gasteiger partial charge in [-0.15, -0.1) is 0 Å². The maximum atomic E-state index is 12.5. The minimum Gasteiger partial charge on any atom is -0.384 e. The Balaban J connectivity index is 2.06. The summed E-state index contributed by atoms with van der Waals surface area (Å²) in [6, 6.07) is 7.70. The molecular weight excluding hydrogens is 264 g/mol. The summed E-state index contributed by atoms with van der Waals surface area (Å²) in [5, 5.41) is 8.67. The predicted octanol–water partition coefficient (Wildman–Crippen LogP) is 1.20. The monoisotopic (exact) mass is 286 g/mol. The molecule has 21 heavy (non-hydrogen) atoms. The number of carbonyl (C=O) groups is 1. The zero-order valence-corrected chi connectivity index (χ0v) is 12.7. The van der Waals surface area contributed by atoms with E-state index >= 15 is 0 Å². The van der Waals surface area contributed by atoms with Crippen LogP contribution in [0.1, 0.15) is 29.3 Å². The summed E-state index contributed by atoms with van der Waals surface area (Å²) in [6.07, 6.45) is 1.05. The molecule has 0 saturated carbocycles. The van der Waals surface area contributed by atoms with Gasteiger partial charge in [0.05, 0.1) is 0 Å². The van der Waals surface area contributed by atoms with Crippen molar-refractivity contribution >= 4 is 5.91 Å². The van der Waals surface area contributed by atoms with Crippen molar-refractivity contribution in [2.24, 2.45) is 0 Å². The Bertz CT molecular complexity index is 542. The molecule has 1 aromatic rings. The number of likely N-dealkylation sites (N-methyl/N-ethyl adjacent to an activating group) is 1. The van der Waals surface area contributed by atoms with Gasteiger partial charge < -0.3 is 10.0 Å². The third-order valence-corrected chi connectivity index (χ3v) is 3.98. The molecule has 112 valence electrons. The summed E-state index contributed by atoms with van der Waals surface area (Å²) < 4.78 is 0. The average Bonchev–Trinajstić information content (AvgIpc) is 2.53. The van der Waals surface area contributed by atoms with E-state index in [-0.39, 0.29) is 12.5 Å². The van der Waals surface area contributed by atoms with Crippen LogP contribution in [-0.2, 0) is 0 Å². The van der Waals surface area contributed by atoms with Gasteiger partial charge in [0.25, 0.3) is 5.91 Å². The van der Waals surface area contributed by atoms with Crippen molar-refractivity contribution in [3.8, 4) is 11.8 Å². The topological polar surface area (TPSA) is 43.8 Å². The van der Waals surface area contributed by atoms with Crippen LogP contribution >= 0.6 is 0 Å². The molecular formula is C17H22N2O2. The Labute approximate surface area is 126 Å². The predicted molar refractivity (Wildman–Crippen MR) is 83.0 cm³/mol. The number of benzene rings is 1. The first kappa shape index (κ1) is 15.6. The lowest BCUT2D eigenvalue weighted by atomic mass is 10.1. The van der Waals surface area contributed by atoms with Crippen LogP contribution < -0.4 is 0 Å². The summed E-state index contributed by atoms with van der Waals surface area (Å²) >= 11 is 0. The molecule has 1 fully saturated rings. The Kier molecular flexibility index (Phi) is 5.38. The standard InChI is InChI=1S/C17H22N2O2/c1-3-16-13-19(11-10-18(16)2)17(21)15-8-6-14(7-9-15)5-4-12-20/h6-9,16,20H,3,10-13H2,1-2H3. The van der Waals surface area contributed by atoms with Crippen LogP contribution in [-0.4, -0.2) is 60.1 Å². The van der Waals surface area contributed by atoms with E-state index in [0.29, 0.717) is 11.6 Å². The zero-order chi connectivity index (χ0) is 15.2. The molecule has 1 N–H and O–H groups in total. The second-order valence-electron chi connectivity index (χ2n) is 5.33. The van der Waals surface area contributed by atoms with Gasteiger partial charge in [-0.3, -0.25) is 9.69 Å². The summed E-state index contributed by atoms with van der Waals surface area (Å²) in [4.78, 5) is 16.8. The number of rotatable bonds is 2. The summed E-state index contributed by atoms with van der Waals surface area (Å²) in [5.41, 5.74) is 1.51. The van der Waals surface area contributed by atoms with Crippen LogP contribution in [0.2, 0.25) is 0 Å². The molecule has 4 heteroatoms. The molecule has 0 radical (unpaired) electrons. The van der Waals surface area contributed by atoms with Crippen LogP contribution in [0, 0.1) is 11.8 Å². The van der Waals surface area contributed by atoms with Crippen LogP contribution in [0.15, 0.2) is 24.3 Å². The third kappa shape index (κ3) is 3.84. The van der Waals surface area contributed by atoms with Crippen LogP contribution in [0.25, 0.3) is 0 Å². The van der Waals surface area contributed by atoms with Gasteiger partial charge in [-0.2, -0.15) is 0 Å². The van der Waals surface area contributed by atoms with Crippen molar-refractivity contribution in [2.75, 3.05) is 33.3 Å². The van der Waals surface area contributed by atoms with Crippen molar-refractivity contribution in [1.82, 2.24) is 9.80 Å². The van der Waals surface area contributed by atoms with Crippen LogP contribution in [0.3, 0.4) is 0 Å². The van der Waals surface area contributed by atoms with E-state index in [1.807, 2.05) is 29.2 Å². The Morgan fingerprint density at radius 2 is 2.05 bits per heavy atom. The molecule has 0 bridgehead atoms. The van der Waals surface area contributed by atoms with E-state index in [4.69, 9.17) is 5.11 Å². The molecule has 1 saturated heterocycles. The minimum atomic E-state index is -0.152. The summed E-state index contributed by atoms with van der Waals surface area (Å²) in [5.74, 6) is 5.52. The van der Waals surface area contributed by atoms with E-state index in [2.05, 4.69) is 30.7 Å². The molecule has 1 amide bonds. The molecule has 1 unspecified atom stereocenters. The smallest absolute Gasteiger partial charge is 0.253 e. The largest absolute Gasteiger partial charge is 0.384 e. The summed E-state index contributed by atoms with van der Waals surface area (Å²) in [7, 11) is 2.12. The van der Waals surface area contributed by atoms with E-state index in [1.54, 1.807) is 0 Å². The van der Waals surface area contributed by atoms with Gasteiger partial charge in [0, 0.05) is 36.8 Å². The van der Waals surface area contributed by atoms with Gasteiger partial charge in [-0.25, -0.2) is 0 Å². The highest BCUT2D eigenvalue weighted by molar-refractivity contribution is 5.94. The molecule has 1 aliphatic rings. The Morgan fingerprint density at radius 1 is 1.33 bits per heavy atom. The average molecular weight is 286 g/mol. The first-order valence-corrected chi connectivity index (χ1v) is 7.35. The van der Waals surface area contributed by atoms with Gasteiger partial charge in [-0.05, 0) is 37.7 Å². The van der Waals surface area contributed by atoms with Crippen LogP contribution in [0.5, 0.6) is 0 Å². The normalized spacial score (nSPS) is 19.0. The second kappa shape index (κ2) is 7.26. The summed E-state index contributed by atoms with van der Waals surface area (Å²) in [6.45, 7) is 4.49. The van der Waals surface area contributed by atoms with Crippen molar-refractivity contribution in [1.29, 1.82) is 0 Å².